The average molecular weight is 253 g/mol. The summed E-state index contributed by atoms with van der Waals surface area (Å²) in [7, 11) is 0. The predicted molar refractivity (Wildman–Crippen MR) is 71.7 cm³/mol. The van der Waals surface area contributed by atoms with E-state index in [1.807, 2.05) is 13.0 Å². The molecule has 0 spiro atoms. The highest BCUT2D eigenvalue weighted by molar-refractivity contribution is 7.99. The zero-order valence-corrected chi connectivity index (χ0v) is 11.3. The quantitative estimate of drug-likeness (QED) is 0.765. The van der Waals surface area contributed by atoms with Crippen LogP contribution in [-0.2, 0) is 4.79 Å². The standard InChI is InChI=1S/C13H19NO2S/c1-4-14-12(13(15)16)8-17-11-6-5-9(2)10(3)7-11/h5-7,12,14H,4,8H2,1-3H3,(H,15,16). The van der Waals surface area contributed by atoms with E-state index in [-0.39, 0.29) is 0 Å². The molecule has 3 nitrogen and oxygen atoms in total. The van der Waals surface area contributed by atoms with Crippen molar-refractivity contribution < 1.29 is 9.90 Å². The molecule has 0 aliphatic heterocycles. The molecular formula is C13H19NO2S. The number of carbonyl (C=O) groups is 1. The molecule has 0 saturated heterocycles. The molecule has 0 amide bonds. The zero-order chi connectivity index (χ0) is 12.8. The molecular weight excluding hydrogens is 234 g/mol. The fourth-order valence-corrected chi connectivity index (χ4v) is 2.49. The minimum Gasteiger partial charge on any atom is -0.480 e. The first kappa shape index (κ1) is 14.1. The van der Waals surface area contributed by atoms with Gasteiger partial charge in [-0.2, -0.15) is 0 Å². The number of rotatable bonds is 6. The Morgan fingerprint density at radius 2 is 2.12 bits per heavy atom. The normalized spacial score (nSPS) is 12.4. The molecule has 0 radical (unpaired) electrons. The summed E-state index contributed by atoms with van der Waals surface area (Å²) in [5.41, 5.74) is 2.50. The third-order valence-electron chi connectivity index (χ3n) is 2.64. The van der Waals surface area contributed by atoms with Crippen LogP contribution in [0.3, 0.4) is 0 Å². The zero-order valence-electron chi connectivity index (χ0n) is 10.5. The molecule has 4 heteroatoms. The number of nitrogens with one attached hydrogen (secondary N) is 1. The van der Waals surface area contributed by atoms with Crippen molar-refractivity contribution in [1.82, 2.24) is 5.32 Å². The first-order valence-corrected chi connectivity index (χ1v) is 6.69. The Balaban J connectivity index is 2.59. The molecule has 17 heavy (non-hydrogen) atoms. The van der Waals surface area contributed by atoms with Crippen LogP contribution in [0.25, 0.3) is 0 Å². The van der Waals surface area contributed by atoms with Crippen LogP contribution in [0.2, 0.25) is 0 Å². The van der Waals surface area contributed by atoms with Gasteiger partial charge < -0.3 is 10.4 Å². The summed E-state index contributed by atoms with van der Waals surface area (Å²) in [4.78, 5) is 12.1. The van der Waals surface area contributed by atoms with E-state index in [0.717, 1.165) is 4.90 Å². The monoisotopic (exact) mass is 253 g/mol. The van der Waals surface area contributed by atoms with Crippen molar-refractivity contribution in [3.8, 4) is 0 Å². The van der Waals surface area contributed by atoms with Gasteiger partial charge >= 0.3 is 5.97 Å². The van der Waals surface area contributed by atoms with Gasteiger partial charge in [0.1, 0.15) is 6.04 Å². The minimum absolute atomic E-state index is 0.480. The maximum Gasteiger partial charge on any atom is 0.321 e. The first-order valence-electron chi connectivity index (χ1n) is 5.70. The predicted octanol–water partition coefficient (Wildman–Crippen LogP) is 2.46. The highest BCUT2D eigenvalue weighted by atomic mass is 32.2. The number of benzene rings is 1. The minimum atomic E-state index is -0.789. The number of aliphatic carboxylic acids is 1. The molecule has 0 bridgehead atoms. The molecule has 2 N–H and O–H groups in total. The van der Waals surface area contributed by atoms with E-state index in [1.54, 1.807) is 11.8 Å². The average Bonchev–Trinajstić information content (AvgIpc) is 2.28. The number of aryl methyl sites for hydroxylation is 2. The Kier molecular flexibility index (Phi) is 5.51. The molecule has 0 saturated carbocycles. The second kappa shape index (κ2) is 6.67. The second-order valence-corrected chi connectivity index (χ2v) is 5.10. The lowest BCUT2D eigenvalue weighted by Gasteiger charge is -2.13. The van der Waals surface area contributed by atoms with Crippen LogP contribution >= 0.6 is 11.8 Å². The van der Waals surface area contributed by atoms with Gasteiger partial charge in [0, 0.05) is 10.6 Å². The molecule has 0 aliphatic rings. The maximum atomic E-state index is 11.0. The van der Waals surface area contributed by atoms with Crippen LogP contribution in [0.4, 0.5) is 0 Å². The van der Waals surface area contributed by atoms with E-state index in [4.69, 9.17) is 5.11 Å². The van der Waals surface area contributed by atoms with Gasteiger partial charge in [0.15, 0.2) is 0 Å². The molecule has 0 aromatic heterocycles. The largest absolute Gasteiger partial charge is 0.480 e. The fourth-order valence-electron chi connectivity index (χ4n) is 1.45. The summed E-state index contributed by atoms with van der Waals surface area (Å²) in [5, 5.41) is 12.0. The third-order valence-corrected chi connectivity index (χ3v) is 3.73. The highest BCUT2D eigenvalue weighted by Crippen LogP contribution is 2.21. The molecule has 0 heterocycles. The molecule has 0 aliphatic carbocycles. The number of hydrogen-bond acceptors (Lipinski definition) is 3. The molecule has 94 valence electrons. The molecule has 0 fully saturated rings. The lowest BCUT2D eigenvalue weighted by molar-refractivity contribution is -0.138. The second-order valence-electron chi connectivity index (χ2n) is 4.01. The number of carboxylic acid groups (broad SMARTS) is 1. The number of likely N-dealkylation sites (N-methyl/N-ethyl adjacent to an activating group) is 1. The van der Waals surface area contributed by atoms with Gasteiger partial charge in [-0.1, -0.05) is 13.0 Å². The SMILES string of the molecule is CCNC(CSc1ccc(C)c(C)c1)C(=O)O. The maximum absolute atomic E-state index is 11.0. The van der Waals surface area contributed by atoms with Gasteiger partial charge in [0.25, 0.3) is 0 Å². The van der Waals surface area contributed by atoms with Gasteiger partial charge in [-0.05, 0) is 43.7 Å². The van der Waals surface area contributed by atoms with Crippen molar-refractivity contribution >= 4 is 17.7 Å². The van der Waals surface area contributed by atoms with Crippen LogP contribution < -0.4 is 5.32 Å². The Bertz CT molecular complexity index is 393. The van der Waals surface area contributed by atoms with E-state index in [1.165, 1.54) is 11.1 Å². The van der Waals surface area contributed by atoms with Crippen molar-refractivity contribution in [3.05, 3.63) is 29.3 Å². The van der Waals surface area contributed by atoms with Crippen LogP contribution in [0.15, 0.2) is 23.1 Å². The summed E-state index contributed by atoms with van der Waals surface area (Å²) < 4.78 is 0. The van der Waals surface area contributed by atoms with Gasteiger partial charge in [-0.3, -0.25) is 4.79 Å². The van der Waals surface area contributed by atoms with Gasteiger partial charge in [0.2, 0.25) is 0 Å². The van der Waals surface area contributed by atoms with Gasteiger partial charge in [-0.15, -0.1) is 11.8 Å². The smallest absolute Gasteiger partial charge is 0.321 e. The van der Waals surface area contributed by atoms with Crippen LogP contribution in [-0.4, -0.2) is 29.4 Å². The van der Waals surface area contributed by atoms with Crippen LogP contribution in [0, 0.1) is 13.8 Å². The summed E-state index contributed by atoms with van der Waals surface area (Å²) in [5.74, 6) is -0.241. The summed E-state index contributed by atoms with van der Waals surface area (Å²) >= 11 is 1.58. The van der Waals surface area contributed by atoms with E-state index in [9.17, 15) is 4.79 Å². The van der Waals surface area contributed by atoms with E-state index < -0.39 is 12.0 Å². The number of hydrogen-bond donors (Lipinski definition) is 2. The Morgan fingerprint density at radius 1 is 1.41 bits per heavy atom. The Hall–Kier alpha value is -1.00. The van der Waals surface area contributed by atoms with E-state index in [2.05, 4.69) is 31.3 Å². The van der Waals surface area contributed by atoms with E-state index in [0.29, 0.717) is 12.3 Å². The summed E-state index contributed by atoms with van der Waals surface area (Å²) in [6, 6.07) is 5.73. The lowest BCUT2D eigenvalue weighted by Crippen LogP contribution is -2.38. The molecule has 1 aromatic carbocycles. The van der Waals surface area contributed by atoms with Gasteiger partial charge in [0.05, 0.1) is 0 Å². The molecule has 1 aromatic rings. The van der Waals surface area contributed by atoms with Crippen molar-refractivity contribution in [2.45, 2.75) is 31.7 Å². The topological polar surface area (TPSA) is 49.3 Å². The highest BCUT2D eigenvalue weighted by Gasteiger charge is 2.15. The van der Waals surface area contributed by atoms with Crippen molar-refractivity contribution in [1.29, 1.82) is 0 Å². The Morgan fingerprint density at radius 3 is 2.65 bits per heavy atom. The third kappa shape index (κ3) is 4.40. The number of thioether (sulfide) groups is 1. The molecule has 1 rings (SSSR count). The van der Waals surface area contributed by atoms with Crippen molar-refractivity contribution in [2.75, 3.05) is 12.3 Å². The van der Waals surface area contributed by atoms with E-state index >= 15 is 0 Å². The molecule has 1 unspecified atom stereocenters. The fraction of sp³-hybridized carbons (Fsp3) is 0.462. The number of carboxylic acids is 1. The van der Waals surface area contributed by atoms with Gasteiger partial charge in [-0.25, -0.2) is 0 Å². The Labute approximate surface area is 107 Å². The van der Waals surface area contributed by atoms with Crippen LogP contribution in [0.5, 0.6) is 0 Å². The summed E-state index contributed by atoms with van der Waals surface area (Å²) in [6.07, 6.45) is 0. The van der Waals surface area contributed by atoms with Crippen molar-refractivity contribution in [3.63, 3.8) is 0 Å². The first-order chi connectivity index (χ1) is 8.04. The molecule has 1 atom stereocenters. The summed E-state index contributed by atoms with van der Waals surface area (Å²) in [6.45, 7) is 6.72. The van der Waals surface area contributed by atoms with Crippen LogP contribution in [0.1, 0.15) is 18.1 Å². The van der Waals surface area contributed by atoms with Crippen molar-refractivity contribution in [2.24, 2.45) is 0 Å². The lowest BCUT2D eigenvalue weighted by atomic mass is 10.1.